The molecule has 0 aliphatic heterocycles. The lowest BCUT2D eigenvalue weighted by atomic mass is 10.1. The van der Waals surface area contributed by atoms with Crippen LogP contribution in [-0.4, -0.2) is 33.3 Å². The zero-order valence-corrected chi connectivity index (χ0v) is 20.9. The molecule has 0 aliphatic carbocycles. The number of fused-ring (bicyclic) bond motifs is 1. The summed E-state index contributed by atoms with van der Waals surface area (Å²) in [6.07, 6.45) is 0. The van der Waals surface area contributed by atoms with Crippen molar-refractivity contribution in [1.82, 2.24) is 14.3 Å². The number of carbonyl (C=O) groups excluding carboxylic acids is 1. The first-order chi connectivity index (χ1) is 16.7. The molecular formula is C25H26ClN5O4. The van der Waals surface area contributed by atoms with Crippen LogP contribution in [0.4, 0.5) is 11.4 Å². The maximum atomic E-state index is 13.6. The van der Waals surface area contributed by atoms with E-state index in [-0.39, 0.29) is 5.56 Å². The van der Waals surface area contributed by atoms with Crippen LogP contribution in [0.2, 0.25) is 5.02 Å². The molecule has 1 N–H and O–H groups in total. The van der Waals surface area contributed by atoms with Crippen molar-refractivity contribution in [3.05, 3.63) is 73.5 Å². The quantitative estimate of drug-likeness (QED) is 0.406. The van der Waals surface area contributed by atoms with Crippen molar-refractivity contribution >= 4 is 39.9 Å². The topological polar surface area (TPSA) is 102 Å². The van der Waals surface area contributed by atoms with Gasteiger partial charge in [0.05, 0.1) is 27.4 Å². The number of carbonyl (C=O) groups is 1. The second-order valence-corrected chi connectivity index (χ2v) is 8.56. The van der Waals surface area contributed by atoms with Crippen LogP contribution in [0.5, 0.6) is 0 Å². The van der Waals surface area contributed by atoms with Crippen LogP contribution in [0.15, 0.2) is 50.5 Å². The number of hydrogen-bond donors (Lipinski definition) is 1. The monoisotopic (exact) mass is 495 g/mol. The molecule has 0 fully saturated rings. The van der Waals surface area contributed by atoms with E-state index in [0.717, 1.165) is 5.69 Å². The summed E-state index contributed by atoms with van der Waals surface area (Å²) in [4.78, 5) is 40.4. The first kappa shape index (κ1) is 24.3. The molecule has 0 unspecified atom stereocenters. The highest BCUT2D eigenvalue weighted by atomic mass is 35.5. The van der Waals surface area contributed by atoms with Gasteiger partial charge in [0, 0.05) is 32.7 Å². The molecule has 0 aliphatic rings. The Kier molecular flexibility index (Phi) is 6.53. The van der Waals surface area contributed by atoms with Gasteiger partial charge in [-0.25, -0.2) is 0 Å². The number of aryl methyl sites for hydroxylation is 3. The minimum Gasteiger partial charge on any atom is -0.370 e. The van der Waals surface area contributed by atoms with E-state index in [2.05, 4.69) is 15.4 Å². The number of aromatic nitrogens is 3. The molecular weight excluding hydrogens is 470 g/mol. The highest BCUT2D eigenvalue weighted by Gasteiger charge is 2.25. The molecule has 2 aromatic carbocycles. The van der Waals surface area contributed by atoms with E-state index in [1.807, 2.05) is 19.9 Å². The van der Waals surface area contributed by atoms with Gasteiger partial charge < -0.3 is 23.9 Å². The van der Waals surface area contributed by atoms with Crippen LogP contribution in [0.3, 0.4) is 0 Å². The SMILES string of the molecule is CCN(CC)c1cc2c(cc1NC(=O)c1c(-c3ccccc3Cl)noc1C)n(C)c(=O)c(=O)n2C. The van der Waals surface area contributed by atoms with Gasteiger partial charge in [-0.05, 0) is 39.0 Å². The lowest BCUT2D eigenvalue weighted by molar-refractivity contribution is 0.102. The number of hydrogen-bond acceptors (Lipinski definition) is 6. The lowest BCUT2D eigenvalue weighted by Gasteiger charge is -2.25. The minimum atomic E-state index is -0.649. The zero-order chi connectivity index (χ0) is 25.4. The molecule has 2 aromatic heterocycles. The average molecular weight is 496 g/mol. The molecule has 35 heavy (non-hydrogen) atoms. The molecule has 0 radical (unpaired) electrons. The van der Waals surface area contributed by atoms with Gasteiger partial charge >= 0.3 is 11.1 Å². The van der Waals surface area contributed by atoms with E-state index in [9.17, 15) is 14.4 Å². The number of anilines is 2. The molecule has 0 saturated carbocycles. The zero-order valence-electron chi connectivity index (χ0n) is 20.2. The van der Waals surface area contributed by atoms with Gasteiger partial charge in [0.2, 0.25) is 0 Å². The number of nitrogens with one attached hydrogen (secondary N) is 1. The maximum Gasteiger partial charge on any atom is 0.316 e. The first-order valence-corrected chi connectivity index (χ1v) is 11.6. The fourth-order valence-corrected chi connectivity index (χ4v) is 4.42. The Hall–Kier alpha value is -3.85. The summed E-state index contributed by atoms with van der Waals surface area (Å²) < 4.78 is 7.97. The predicted molar refractivity (Wildman–Crippen MR) is 138 cm³/mol. The molecule has 0 atom stereocenters. The van der Waals surface area contributed by atoms with E-state index in [0.29, 0.717) is 51.9 Å². The molecule has 4 rings (SSSR count). The smallest absolute Gasteiger partial charge is 0.316 e. The average Bonchev–Trinajstić information content (AvgIpc) is 3.24. The fraction of sp³-hybridized carbons (Fsp3) is 0.280. The third-order valence-electron chi connectivity index (χ3n) is 6.18. The molecule has 0 spiro atoms. The van der Waals surface area contributed by atoms with Gasteiger partial charge in [0.1, 0.15) is 17.0 Å². The van der Waals surface area contributed by atoms with Crippen molar-refractivity contribution in [3.8, 4) is 11.3 Å². The van der Waals surface area contributed by atoms with E-state index in [4.69, 9.17) is 16.1 Å². The summed E-state index contributed by atoms with van der Waals surface area (Å²) in [5.74, 6) is -0.0846. The number of halogens is 1. The summed E-state index contributed by atoms with van der Waals surface area (Å²) in [5, 5.41) is 7.51. The van der Waals surface area contributed by atoms with Crippen molar-refractivity contribution < 1.29 is 9.32 Å². The standard InChI is InChI=1S/C25H26ClN5O4/c1-6-31(7-2)18-13-20-19(29(4)24(33)25(34)30(20)5)12-17(18)27-23(32)21-14(3)35-28-22(21)15-10-8-9-11-16(15)26/h8-13H,6-7H2,1-5H3,(H,27,32). The Labute approximate surface area is 206 Å². The maximum absolute atomic E-state index is 13.6. The van der Waals surface area contributed by atoms with Crippen molar-refractivity contribution in [2.75, 3.05) is 23.3 Å². The molecule has 4 aromatic rings. The van der Waals surface area contributed by atoms with E-state index in [1.165, 1.54) is 16.2 Å². The number of amides is 1. The summed E-state index contributed by atoms with van der Waals surface area (Å²) in [6.45, 7) is 6.99. The summed E-state index contributed by atoms with van der Waals surface area (Å²) in [7, 11) is 3.10. The summed E-state index contributed by atoms with van der Waals surface area (Å²) in [6, 6.07) is 10.6. The van der Waals surface area contributed by atoms with Gasteiger partial charge in [-0.3, -0.25) is 14.4 Å². The Morgan fingerprint density at radius 1 is 1.06 bits per heavy atom. The van der Waals surface area contributed by atoms with Gasteiger partial charge in [0.25, 0.3) is 5.91 Å². The largest absolute Gasteiger partial charge is 0.370 e. The van der Waals surface area contributed by atoms with E-state index < -0.39 is 17.0 Å². The molecule has 1 amide bonds. The number of nitrogens with zero attached hydrogens (tertiary/aromatic N) is 4. The van der Waals surface area contributed by atoms with E-state index in [1.54, 1.807) is 44.3 Å². The van der Waals surface area contributed by atoms with Crippen LogP contribution >= 0.6 is 11.6 Å². The molecule has 2 heterocycles. The van der Waals surface area contributed by atoms with Gasteiger partial charge in [-0.2, -0.15) is 0 Å². The third kappa shape index (κ3) is 4.12. The van der Waals surface area contributed by atoms with Crippen molar-refractivity contribution in [3.63, 3.8) is 0 Å². The fourth-order valence-electron chi connectivity index (χ4n) is 4.20. The highest BCUT2D eigenvalue weighted by molar-refractivity contribution is 6.33. The van der Waals surface area contributed by atoms with Gasteiger partial charge in [0.15, 0.2) is 0 Å². The van der Waals surface area contributed by atoms with Crippen LogP contribution < -0.4 is 21.3 Å². The number of benzene rings is 2. The molecule has 182 valence electrons. The second-order valence-electron chi connectivity index (χ2n) is 8.16. The Morgan fingerprint density at radius 2 is 1.66 bits per heavy atom. The Bertz CT molecular complexity index is 1560. The van der Waals surface area contributed by atoms with Crippen molar-refractivity contribution in [2.24, 2.45) is 14.1 Å². The van der Waals surface area contributed by atoms with Gasteiger partial charge in [-0.1, -0.05) is 35.0 Å². The third-order valence-corrected chi connectivity index (χ3v) is 6.51. The summed E-state index contributed by atoms with van der Waals surface area (Å²) in [5.41, 5.74) is 2.21. The van der Waals surface area contributed by atoms with Crippen LogP contribution in [0.25, 0.3) is 22.3 Å². The van der Waals surface area contributed by atoms with Crippen molar-refractivity contribution in [1.29, 1.82) is 0 Å². The molecule has 0 saturated heterocycles. The molecule has 10 heteroatoms. The van der Waals surface area contributed by atoms with Gasteiger partial charge in [-0.15, -0.1) is 0 Å². The minimum absolute atomic E-state index is 0.262. The highest BCUT2D eigenvalue weighted by Crippen LogP contribution is 2.34. The number of rotatable bonds is 6. The van der Waals surface area contributed by atoms with Crippen LogP contribution in [-0.2, 0) is 14.1 Å². The van der Waals surface area contributed by atoms with E-state index >= 15 is 0 Å². The van der Waals surface area contributed by atoms with Crippen LogP contribution in [0.1, 0.15) is 30.0 Å². The lowest BCUT2D eigenvalue weighted by Crippen LogP contribution is -2.39. The Balaban J connectivity index is 1.90. The summed E-state index contributed by atoms with van der Waals surface area (Å²) >= 11 is 6.35. The molecule has 9 nitrogen and oxygen atoms in total. The first-order valence-electron chi connectivity index (χ1n) is 11.2. The Morgan fingerprint density at radius 3 is 2.26 bits per heavy atom. The normalized spacial score (nSPS) is 11.1. The molecule has 0 bridgehead atoms. The second kappa shape index (κ2) is 9.42. The predicted octanol–water partition coefficient (Wildman–Crippen LogP) is 3.95. The van der Waals surface area contributed by atoms with Crippen LogP contribution in [0, 0.1) is 6.92 Å². The van der Waals surface area contributed by atoms with Crippen molar-refractivity contribution in [2.45, 2.75) is 20.8 Å².